The minimum absolute atomic E-state index is 0. The molecular formula is C6H8K2O9. The van der Waals surface area contributed by atoms with Crippen LogP contribution in [0.1, 0.15) is 12.8 Å². The van der Waals surface area contributed by atoms with Gasteiger partial charge in [0.15, 0.2) is 5.60 Å². The first-order chi connectivity index (χ1) is 6.78. The van der Waals surface area contributed by atoms with Crippen molar-refractivity contribution in [2.24, 2.45) is 0 Å². The molecule has 0 aliphatic rings. The molecule has 11 heteroatoms. The van der Waals surface area contributed by atoms with Gasteiger partial charge in [-0.25, -0.2) is 4.79 Å². The van der Waals surface area contributed by atoms with Crippen LogP contribution in [0.25, 0.3) is 0 Å². The molecule has 0 rings (SSSR count). The van der Waals surface area contributed by atoms with Crippen molar-refractivity contribution in [1.82, 2.24) is 0 Å². The van der Waals surface area contributed by atoms with Crippen molar-refractivity contribution in [3.63, 3.8) is 0 Å². The van der Waals surface area contributed by atoms with E-state index in [9.17, 15) is 19.5 Å². The van der Waals surface area contributed by atoms with E-state index >= 15 is 0 Å². The third-order valence-corrected chi connectivity index (χ3v) is 1.28. The molecule has 1 atom stereocenters. The van der Waals surface area contributed by atoms with E-state index in [0.717, 1.165) is 0 Å². The van der Waals surface area contributed by atoms with Gasteiger partial charge in [0, 0.05) is 12.4 Å². The van der Waals surface area contributed by atoms with Gasteiger partial charge in [-0.1, -0.05) is 0 Å². The van der Waals surface area contributed by atoms with E-state index in [1.165, 1.54) is 0 Å². The van der Waals surface area contributed by atoms with Crippen molar-refractivity contribution in [2.75, 3.05) is 0 Å². The van der Waals surface area contributed by atoms with Crippen molar-refractivity contribution in [2.45, 2.75) is 18.4 Å². The van der Waals surface area contributed by atoms with E-state index in [4.69, 9.17) is 25.8 Å². The Morgan fingerprint density at radius 2 is 1.35 bits per heavy atom. The molecule has 17 heavy (non-hydrogen) atoms. The third kappa shape index (κ3) is 13.8. The number of carbonyl (C=O) groups is 3. The summed E-state index contributed by atoms with van der Waals surface area (Å²) in [6.07, 6.45) is -2.44. The number of aliphatic hydroxyl groups is 1. The Bertz CT molecular complexity index is 238. The predicted octanol–water partition coefficient (Wildman–Crippen LogP) is -9.76. The first-order valence-electron chi connectivity index (χ1n) is 3.33. The molecule has 0 spiro atoms. The molecule has 0 bridgehead atoms. The maximum atomic E-state index is 10.3. The van der Waals surface area contributed by atoms with Gasteiger partial charge in [0.25, 0.3) is 0 Å². The van der Waals surface area contributed by atoms with Gasteiger partial charge in [-0.3, -0.25) is 4.79 Å². The molecule has 0 aliphatic carbocycles. The summed E-state index contributed by atoms with van der Waals surface area (Å²) in [6, 6.07) is 0. The van der Waals surface area contributed by atoms with Crippen LogP contribution in [0.15, 0.2) is 0 Å². The number of carbonyl (C=O) groups excluding carboxylic acids is 1. The molecule has 0 aromatic carbocycles. The number of aliphatic carboxylic acids is 3. The summed E-state index contributed by atoms with van der Waals surface area (Å²) >= 11 is 0. The van der Waals surface area contributed by atoms with Gasteiger partial charge in [0.2, 0.25) is 0 Å². The van der Waals surface area contributed by atoms with Crippen LogP contribution in [0.2, 0.25) is 0 Å². The molecule has 88 valence electrons. The Morgan fingerprint density at radius 1 is 1.00 bits per heavy atom. The molecule has 0 fully saturated rings. The molecule has 0 saturated carbocycles. The van der Waals surface area contributed by atoms with Crippen LogP contribution in [0, 0.1) is 0 Å². The van der Waals surface area contributed by atoms with Gasteiger partial charge in [-0.2, -0.15) is 0 Å². The summed E-state index contributed by atoms with van der Waals surface area (Å²) in [5.41, 5.74) is -2.80. The van der Waals surface area contributed by atoms with E-state index in [-0.39, 0.29) is 103 Å². The largest absolute Gasteiger partial charge is 1.00 e. The smallest absolute Gasteiger partial charge is 0.727 e. The van der Waals surface area contributed by atoms with Gasteiger partial charge in [-0.05, 0) is 0 Å². The molecule has 1 unspecified atom stereocenters. The van der Waals surface area contributed by atoms with Gasteiger partial charge in [-0.15, -0.1) is 0 Å². The van der Waals surface area contributed by atoms with E-state index in [1.54, 1.807) is 0 Å². The molecule has 0 amide bonds. The Labute approximate surface area is 181 Å². The second kappa shape index (κ2) is 14.0. The van der Waals surface area contributed by atoms with Gasteiger partial charge < -0.3 is 35.7 Å². The van der Waals surface area contributed by atoms with Gasteiger partial charge in [0.05, 0.1) is 6.42 Å². The summed E-state index contributed by atoms with van der Waals surface area (Å²) in [5, 5.41) is 48.5. The first-order valence-corrected chi connectivity index (χ1v) is 3.33. The number of hydrogen-bond donors (Lipinski definition) is 4. The van der Waals surface area contributed by atoms with E-state index < -0.39 is 36.4 Å². The molecule has 0 aromatic rings. The fourth-order valence-corrected chi connectivity index (χ4v) is 0.703. The second-order valence-corrected chi connectivity index (χ2v) is 2.46. The zero-order valence-corrected chi connectivity index (χ0v) is 15.5. The Kier molecular flexibility index (Phi) is 22.2. The molecule has 0 heterocycles. The Balaban J connectivity index is -0.000000199. The average molecular weight is 302 g/mol. The zero-order valence-electron chi connectivity index (χ0n) is 9.24. The SMILES string of the molecule is O=C([O-])CC(O)(CC(=O)O)C(=O)O.[K+].[K+].[O-]O. The molecule has 0 radical (unpaired) electrons. The van der Waals surface area contributed by atoms with Crippen molar-refractivity contribution in [1.29, 1.82) is 0 Å². The summed E-state index contributed by atoms with van der Waals surface area (Å²) in [5.74, 6) is -5.34. The Hall–Kier alpha value is 1.56. The molecule has 0 aromatic heterocycles. The monoisotopic (exact) mass is 302 g/mol. The van der Waals surface area contributed by atoms with E-state index in [2.05, 4.69) is 0 Å². The van der Waals surface area contributed by atoms with E-state index in [1.807, 2.05) is 0 Å². The molecule has 0 saturated heterocycles. The first kappa shape index (κ1) is 27.0. The normalized spacial score (nSPS) is 11.5. The van der Waals surface area contributed by atoms with Crippen LogP contribution < -0.4 is 113 Å². The third-order valence-electron chi connectivity index (χ3n) is 1.28. The fourth-order valence-electron chi connectivity index (χ4n) is 0.703. The Morgan fingerprint density at radius 3 is 1.53 bits per heavy atom. The zero-order chi connectivity index (χ0) is 12.6. The number of carboxylic acid groups (broad SMARTS) is 3. The van der Waals surface area contributed by atoms with Crippen LogP contribution in [0.4, 0.5) is 0 Å². The van der Waals surface area contributed by atoms with E-state index in [0.29, 0.717) is 0 Å². The molecule has 0 aliphatic heterocycles. The quantitative estimate of drug-likeness (QED) is 0.218. The van der Waals surface area contributed by atoms with Crippen molar-refractivity contribution >= 4 is 17.9 Å². The summed E-state index contributed by atoms with van der Waals surface area (Å²) in [7, 11) is 0. The standard InChI is InChI=1S/C6H8O7.2K.H2O2/c7-3(8)1-6(13,5(11)12)2-4(9)10;;;1-2/h13H,1-2H2,(H,7,8)(H,9,10)(H,11,12);;;1-2H/q;2*+1;/p-2. The second-order valence-electron chi connectivity index (χ2n) is 2.46. The van der Waals surface area contributed by atoms with Crippen LogP contribution in [0.5, 0.6) is 0 Å². The van der Waals surface area contributed by atoms with Crippen molar-refractivity contribution < 1.29 is 148 Å². The predicted molar refractivity (Wildman–Crippen MR) is 37.1 cm³/mol. The number of carboxylic acids is 3. The maximum Gasteiger partial charge on any atom is 1.00 e. The molecule has 9 nitrogen and oxygen atoms in total. The average Bonchev–Trinajstić information content (AvgIpc) is 2.04. The fraction of sp³-hybridized carbons (Fsp3) is 0.500. The van der Waals surface area contributed by atoms with Crippen molar-refractivity contribution in [3.8, 4) is 0 Å². The number of hydrogen-bond acceptors (Lipinski definition) is 7. The summed E-state index contributed by atoms with van der Waals surface area (Å²) < 4.78 is 0. The van der Waals surface area contributed by atoms with Crippen LogP contribution in [0.3, 0.4) is 0 Å². The summed E-state index contributed by atoms with van der Waals surface area (Å²) in [6.45, 7) is 0. The van der Waals surface area contributed by atoms with Crippen LogP contribution >= 0.6 is 0 Å². The van der Waals surface area contributed by atoms with Gasteiger partial charge in [0.1, 0.15) is 0 Å². The van der Waals surface area contributed by atoms with Crippen LogP contribution in [-0.4, -0.2) is 44.1 Å². The van der Waals surface area contributed by atoms with Gasteiger partial charge >= 0.3 is 115 Å². The van der Waals surface area contributed by atoms with Crippen LogP contribution in [-0.2, 0) is 14.4 Å². The number of rotatable bonds is 5. The summed E-state index contributed by atoms with van der Waals surface area (Å²) in [4.78, 5) is 30.3. The maximum absolute atomic E-state index is 10.3. The van der Waals surface area contributed by atoms with Crippen molar-refractivity contribution in [3.05, 3.63) is 0 Å². The minimum atomic E-state index is -2.80. The topological polar surface area (TPSA) is 178 Å². The molecular weight excluding hydrogens is 294 g/mol. The molecule has 4 N–H and O–H groups in total. The minimum Gasteiger partial charge on any atom is -0.727 e.